The second-order valence-corrected chi connectivity index (χ2v) is 8.74. The predicted molar refractivity (Wildman–Crippen MR) is 128 cm³/mol. The average Bonchev–Trinajstić information content (AvgIpc) is 3.11. The van der Waals surface area contributed by atoms with Crippen molar-refractivity contribution in [3.05, 3.63) is 68.4 Å². The second-order valence-electron chi connectivity index (χ2n) is 6.98. The number of rotatable bonds is 8. The molecule has 0 unspecified atom stereocenters. The van der Waals surface area contributed by atoms with Crippen LogP contribution in [0.4, 0.5) is 0 Å². The van der Waals surface area contributed by atoms with Gasteiger partial charge in [0.2, 0.25) is 0 Å². The maximum Gasteiger partial charge on any atom is 0.271 e. The molecule has 0 aliphatic heterocycles. The Bertz CT molecular complexity index is 1030. The summed E-state index contributed by atoms with van der Waals surface area (Å²) in [5.74, 6) is 0.458. The molecular formula is C23H24BrCl2N3O. The molecule has 2 aromatic carbocycles. The molecule has 7 heteroatoms. The first-order valence-electron chi connectivity index (χ1n) is 10.1. The second kappa shape index (κ2) is 10.5. The molecule has 158 valence electrons. The van der Waals surface area contributed by atoms with Crippen LogP contribution in [0, 0.1) is 0 Å². The van der Waals surface area contributed by atoms with Gasteiger partial charge >= 0.3 is 0 Å². The Morgan fingerprint density at radius 1 is 1.10 bits per heavy atom. The normalized spacial score (nSPS) is 11.0. The molecular weight excluding hydrogens is 485 g/mol. The number of aromatic nitrogens is 2. The van der Waals surface area contributed by atoms with Crippen LogP contribution in [0.5, 0.6) is 0 Å². The lowest BCUT2D eigenvalue weighted by molar-refractivity contribution is 0.0947. The van der Waals surface area contributed by atoms with Crippen molar-refractivity contribution in [1.82, 2.24) is 14.9 Å². The van der Waals surface area contributed by atoms with Crippen molar-refractivity contribution >= 4 is 45.0 Å². The fourth-order valence-corrected chi connectivity index (χ4v) is 4.10. The summed E-state index contributed by atoms with van der Waals surface area (Å²) in [5, 5.41) is 4.05. The van der Waals surface area contributed by atoms with Gasteiger partial charge in [0, 0.05) is 27.3 Å². The van der Waals surface area contributed by atoms with E-state index in [9.17, 15) is 4.79 Å². The van der Waals surface area contributed by atoms with Gasteiger partial charge in [0.15, 0.2) is 0 Å². The highest BCUT2D eigenvalue weighted by molar-refractivity contribution is 9.10. The summed E-state index contributed by atoms with van der Waals surface area (Å²) >= 11 is 16.1. The third-order valence-electron chi connectivity index (χ3n) is 4.85. The van der Waals surface area contributed by atoms with Gasteiger partial charge in [-0.15, -0.1) is 0 Å². The number of hydrogen-bond donors (Lipinski definition) is 1. The highest BCUT2D eigenvalue weighted by atomic mass is 79.9. The lowest BCUT2D eigenvalue weighted by Gasteiger charge is -2.13. The van der Waals surface area contributed by atoms with Gasteiger partial charge in [-0.2, -0.15) is 0 Å². The maximum absolute atomic E-state index is 13.0. The molecule has 1 aromatic heterocycles. The number of carbonyl (C=O) groups is 1. The third-order valence-corrected chi connectivity index (χ3v) is 5.92. The molecule has 0 aliphatic rings. The van der Waals surface area contributed by atoms with Crippen LogP contribution in [0.2, 0.25) is 10.0 Å². The summed E-state index contributed by atoms with van der Waals surface area (Å²) in [5.41, 5.74) is 2.90. The van der Waals surface area contributed by atoms with Crippen LogP contribution < -0.4 is 5.32 Å². The number of imidazole rings is 1. The molecule has 4 nitrogen and oxygen atoms in total. The number of hydrogen-bond acceptors (Lipinski definition) is 2. The van der Waals surface area contributed by atoms with Crippen molar-refractivity contribution in [2.75, 3.05) is 6.54 Å². The van der Waals surface area contributed by atoms with Gasteiger partial charge < -0.3 is 5.32 Å². The smallest absolute Gasteiger partial charge is 0.271 e. The third kappa shape index (κ3) is 5.08. The van der Waals surface area contributed by atoms with Crippen LogP contribution in [0.3, 0.4) is 0 Å². The molecule has 0 spiro atoms. The van der Waals surface area contributed by atoms with E-state index in [0.717, 1.165) is 40.7 Å². The van der Waals surface area contributed by atoms with Gasteiger partial charge in [-0.05, 0) is 55.3 Å². The molecule has 0 fully saturated rings. The summed E-state index contributed by atoms with van der Waals surface area (Å²) < 4.78 is 2.98. The minimum absolute atomic E-state index is 0.162. The largest absolute Gasteiger partial charge is 0.351 e. The molecule has 0 saturated heterocycles. The topological polar surface area (TPSA) is 46.9 Å². The van der Waals surface area contributed by atoms with Crippen molar-refractivity contribution in [2.24, 2.45) is 0 Å². The summed E-state index contributed by atoms with van der Waals surface area (Å²) in [6, 6.07) is 13.2. The van der Waals surface area contributed by atoms with Gasteiger partial charge in [0.05, 0.1) is 10.7 Å². The zero-order chi connectivity index (χ0) is 21.7. The van der Waals surface area contributed by atoms with Gasteiger partial charge in [0.25, 0.3) is 5.91 Å². The first-order chi connectivity index (χ1) is 14.5. The lowest BCUT2D eigenvalue weighted by atomic mass is 10.2. The van der Waals surface area contributed by atoms with E-state index in [-0.39, 0.29) is 5.91 Å². The van der Waals surface area contributed by atoms with Crippen LogP contribution >= 0.6 is 39.1 Å². The number of halogens is 3. The summed E-state index contributed by atoms with van der Waals surface area (Å²) in [7, 11) is 0. The van der Waals surface area contributed by atoms with Gasteiger partial charge in [-0.3, -0.25) is 9.36 Å². The van der Waals surface area contributed by atoms with Gasteiger partial charge in [-0.25, -0.2) is 4.98 Å². The Hall–Kier alpha value is -1.82. The highest BCUT2D eigenvalue weighted by Gasteiger charge is 2.24. The van der Waals surface area contributed by atoms with Gasteiger partial charge in [-0.1, -0.05) is 65.8 Å². The standard InChI is InChI=1S/C23H24BrCl2N3O/c1-3-5-6-13-27-23(30)21-20(4-2)29(17-10-7-15(24)8-11-17)22(28-21)18-12-9-16(25)14-19(18)26/h7-12,14H,3-6,13H2,1-2H3,(H,27,30). The van der Waals surface area contributed by atoms with Crippen LogP contribution in [0.15, 0.2) is 46.9 Å². The Balaban J connectivity index is 2.13. The number of amides is 1. The Kier molecular flexibility index (Phi) is 7.98. The number of benzene rings is 2. The first-order valence-corrected chi connectivity index (χ1v) is 11.6. The number of nitrogens with zero attached hydrogens (tertiary/aromatic N) is 2. The van der Waals surface area contributed by atoms with Crippen molar-refractivity contribution in [3.63, 3.8) is 0 Å². The molecule has 1 amide bonds. The monoisotopic (exact) mass is 507 g/mol. The molecule has 0 atom stereocenters. The van der Waals surface area contributed by atoms with Crippen LogP contribution in [-0.4, -0.2) is 22.0 Å². The van der Waals surface area contributed by atoms with E-state index in [2.05, 4.69) is 28.2 Å². The van der Waals surface area contributed by atoms with E-state index in [1.54, 1.807) is 12.1 Å². The highest BCUT2D eigenvalue weighted by Crippen LogP contribution is 2.34. The first kappa shape index (κ1) is 22.9. The van der Waals surface area contributed by atoms with E-state index in [1.807, 2.05) is 41.8 Å². The number of unbranched alkanes of at least 4 members (excludes halogenated alkanes) is 2. The number of nitrogens with one attached hydrogen (secondary N) is 1. The average molecular weight is 509 g/mol. The summed E-state index contributed by atoms with van der Waals surface area (Å²) in [6.07, 6.45) is 3.78. The Morgan fingerprint density at radius 2 is 1.83 bits per heavy atom. The van der Waals surface area contributed by atoms with Gasteiger partial charge in [0.1, 0.15) is 11.5 Å². The lowest BCUT2D eigenvalue weighted by Crippen LogP contribution is -2.26. The molecule has 0 saturated carbocycles. The zero-order valence-corrected chi connectivity index (χ0v) is 20.1. The fourth-order valence-electron chi connectivity index (χ4n) is 3.34. The SMILES string of the molecule is CCCCCNC(=O)c1nc(-c2ccc(Cl)cc2Cl)n(-c2ccc(Br)cc2)c1CC. The summed E-state index contributed by atoms with van der Waals surface area (Å²) in [4.78, 5) is 17.7. The van der Waals surface area contributed by atoms with E-state index in [1.165, 1.54) is 0 Å². The minimum Gasteiger partial charge on any atom is -0.351 e. The van der Waals surface area contributed by atoms with Crippen LogP contribution in [-0.2, 0) is 6.42 Å². The molecule has 0 radical (unpaired) electrons. The quantitative estimate of drug-likeness (QED) is 0.330. The van der Waals surface area contributed by atoms with Crippen LogP contribution in [0.1, 0.15) is 49.3 Å². The minimum atomic E-state index is -0.162. The van der Waals surface area contributed by atoms with E-state index >= 15 is 0 Å². The van der Waals surface area contributed by atoms with E-state index < -0.39 is 0 Å². The van der Waals surface area contributed by atoms with Crippen molar-refractivity contribution in [1.29, 1.82) is 0 Å². The van der Waals surface area contributed by atoms with Crippen molar-refractivity contribution in [3.8, 4) is 17.1 Å². The Morgan fingerprint density at radius 3 is 2.47 bits per heavy atom. The van der Waals surface area contributed by atoms with E-state index in [4.69, 9.17) is 28.2 Å². The van der Waals surface area contributed by atoms with Crippen LogP contribution in [0.25, 0.3) is 17.1 Å². The van der Waals surface area contributed by atoms with E-state index in [0.29, 0.717) is 34.5 Å². The Labute approximate surface area is 195 Å². The molecule has 1 heterocycles. The molecule has 0 aliphatic carbocycles. The predicted octanol–water partition coefficient (Wildman–Crippen LogP) is 7.09. The number of carbonyl (C=O) groups excluding carboxylic acids is 1. The molecule has 30 heavy (non-hydrogen) atoms. The fraction of sp³-hybridized carbons (Fsp3) is 0.304. The zero-order valence-electron chi connectivity index (χ0n) is 17.0. The molecule has 0 bridgehead atoms. The van der Waals surface area contributed by atoms with Crippen molar-refractivity contribution < 1.29 is 4.79 Å². The molecule has 3 rings (SSSR count). The molecule has 1 N–H and O–H groups in total. The molecule has 3 aromatic rings. The summed E-state index contributed by atoms with van der Waals surface area (Å²) in [6.45, 7) is 4.80. The van der Waals surface area contributed by atoms with Crippen molar-refractivity contribution in [2.45, 2.75) is 39.5 Å². The maximum atomic E-state index is 13.0.